The minimum Gasteiger partial charge on any atom is -0.451 e. The van der Waals surface area contributed by atoms with Gasteiger partial charge in [-0.05, 0) is 36.8 Å². The molecule has 6 heteroatoms. The number of hydrogen-bond donors (Lipinski definition) is 2. The number of hydrogen-bond acceptors (Lipinski definition) is 3. The SMILES string of the molecule is C[C@@H](NC(=O)COC(=O)c1ccc[nH]1)c1cccc(Cl)c1. The van der Waals surface area contributed by atoms with Crippen molar-refractivity contribution in [2.45, 2.75) is 13.0 Å². The second kappa shape index (κ2) is 6.95. The summed E-state index contributed by atoms with van der Waals surface area (Å²) < 4.78 is 4.90. The van der Waals surface area contributed by atoms with Crippen molar-refractivity contribution >= 4 is 23.5 Å². The highest BCUT2D eigenvalue weighted by Crippen LogP contribution is 2.17. The second-order valence-electron chi connectivity index (χ2n) is 4.50. The Morgan fingerprint density at radius 3 is 2.81 bits per heavy atom. The zero-order valence-corrected chi connectivity index (χ0v) is 12.2. The summed E-state index contributed by atoms with van der Waals surface area (Å²) >= 11 is 5.90. The number of amides is 1. The van der Waals surface area contributed by atoms with Gasteiger partial charge in [0.2, 0.25) is 0 Å². The van der Waals surface area contributed by atoms with Crippen LogP contribution in [0.25, 0.3) is 0 Å². The zero-order chi connectivity index (χ0) is 15.2. The topological polar surface area (TPSA) is 71.2 Å². The molecule has 0 fully saturated rings. The molecule has 0 bridgehead atoms. The number of H-pyrrole nitrogens is 1. The Hall–Kier alpha value is -2.27. The minimum atomic E-state index is -0.564. The molecule has 2 rings (SSSR count). The molecule has 5 nitrogen and oxygen atoms in total. The molecule has 0 unspecified atom stereocenters. The van der Waals surface area contributed by atoms with E-state index in [1.165, 1.54) is 0 Å². The zero-order valence-electron chi connectivity index (χ0n) is 11.4. The maximum absolute atomic E-state index is 11.8. The van der Waals surface area contributed by atoms with Crippen LogP contribution in [0.15, 0.2) is 42.6 Å². The Morgan fingerprint density at radius 2 is 2.14 bits per heavy atom. The van der Waals surface area contributed by atoms with Crippen molar-refractivity contribution in [3.05, 3.63) is 58.9 Å². The van der Waals surface area contributed by atoms with Crippen LogP contribution in [-0.4, -0.2) is 23.5 Å². The van der Waals surface area contributed by atoms with Gasteiger partial charge in [0.1, 0.15) is 5.69 Å². The predicted octanol–water partition coefficient (Wildman–Crippen LogP) is 2.70. The lowest BCUT2D eigenvalue weighted by atomic mass is 10.1. The first-order valence-electron chi connectivity index (χ1n) is 6.41. The van der Waals surface area contributed by atoms with Crippen molar-refractivity contribution < 1.29 is 14.3 Å². The molecule has 21 heavy (non-hydrogen) atoms. The van der Waals surface area contributed by atoms with Gasteiger partial charge in [0.15, 0.2) is 6.61 Å². The lowest BCUT2D eigenvalue weighted by Crippen LogP contribution is -2.31. The summed E-state index contributed by atoms with van der Waals surface area (Å²) in [5, 5.41) is 3.34. The summed E-state index contributed by atoms with van der Waals surface area (Å²) in [7, 11) is 0. The lowest BCUT2D eigenvalue weighted by molar-refractivity contribution is -0.124. The van der Waals surface area contributed by atoms with Crippen molar-refractivity contribution in [1.29, 1.82) is 0 Å². The number of nitrogens with one attached hydrogen (secondary N) is 2. The summed E-state index contributed by atoms with van der Waals surface area (Å²) in [6.07, 6.45) is 1.61. The van der Waals surface area contributed by atoms with E-state index < -0.39 is 5.97 Å². The van der Waals surface area contributed by atoms with Gasteiger partial charge in [-0.25, -0.2) is 4.79 Å². The lowest BCUT2D eigenvalue weighted by Gasteiger charge is -2.14. The van der Waals surface area contributed by atoms with Crippen LogP contribution in [-0.2, 0) is 9.53 Å². The van der Waals surface area contributed by atoms with Crippen molar-refractivity contribution in [3.63, 3.8) is 0 Å². The average molecular weight is 307 g/mol. The number of esters is 1. The molecule has 0 aliphatic carbocycles. The molecule has 1 amide bonds. The van der Waals surface area contributed by atoms with Gasteiger partial charge in [-0.15, -0.1) is 0 Å². The highest BCUT2D eigenvalue weighted by Gasteiger charge is 2.13. The molecule has 1 atom stereocenters. The molecule has 1 heterocycles. The third kappa shape index (κ3) is 4.36. The van der Waals surface area contributed by atoms with E-state index in [9.17, 15) is 9.59 Å². The first-order valence-corrected chi connectivity index (χ1v) is 6.79. The van der Waals surface area contributed by atoms with Crippen LogP contribution in [0.2, 0.25) is 5.02 Å². The third-order valence-electron chi connectivity index (χ3n) is 2.88. The number of ether oxygens (including phenoxy) is 1. The number of aromatic amines is 1. The van der Waals surface area contributed by atoms with Crippen molar-refractivity contribution in [2.75, 3.05) is 6.61 Å². The number of rotatable bonds is 5. The van der Waals surface area contributed by atoms with E-state index >= 15 is 0 Å². The van der Waals surface area contributed by atoms with E-state index in [0.717, 1.165) is 5.56 Å². The summed E-state index contributed by atoms with van der Waals surface area (Å²) in [4.78, 5) is 26.0. The highest BCUT2D eigenvalue weighted by atomic mass is 35.5. The molecule has 1 aromatic heterocycles. The standard InChI is InChI=1S/C15H15ClN2O3/c1-10(11-4-2-5-12(16)8-11)18-14(19)9-21-15(20)13-6-3-7-17-13/h2-8,10,17H,9H2,1H3,(H,18,19)/t10-/m1/s1. The Bertz CT molecular complexity index is 626. The quantitative estimate of drug-likeness (QED) is 0.834. The fraction of sp³-hybridized carbons (Fsp3) is 0.200. The summed E-state index contributed by atoms with van der Waals surface area (Å²) in [6, 6.07) is 10.2. The Labute approximate surface area is 127 Å². The van der Waals surface area contributed by atoms with Gasteiger partial charge in [-0.3, -0.25) is 4.79 Å². The molecule has 0 saturated carbocycles. The van der Waals surface area contributed by atoms with Crippen molar-refractivity contribution in [1.82, 2.24) is 10.3 Å². The number of carbonyl (C=O) groups is 2. The van der Waals surface area contributed by atoms with Crippen LogP contribution >= 0.6 is 11.6 Å². The summed E-state index contributed by atoms with van der Waals surface area (Å²) in [6.45, 7) is 1.50. The van der Waals surface area contributed by atoms with Crippen LogP contribution in [0.4, 0.5) is 0 Å². The minimum absolute atomic E-state index is 0.222. The molecule has 2 N–H and O–H groups in total. The predicted molar refractivity (Wildman–Crippen MR) is 79.1 cm³/mol. The molecule has 0 aliphatic heterocycles. The van der Waals surface area contributed by atoms with Crippen LogP contribution in [0.5, 0.6) is 0 Å². The van der Waals surface area contributed by atoms with Gasteiger partial charge in [-0.1, -0.05) is 23.7 Å². The average Bonchev–Trinajstić information content (AvgIpc) is 2.99. The van der Waals surface area contributed by atoms with Crippen molar-refractivity contribution in [2.24, 2.45) is 0 Å². The smallest absolute Gasteiger partial charge is 0.355 e. The summed E-state index contributed by atoms with van der Waals surface area (Å²) in [5.74, 6) is -0.937. The Balaban J connectivity index is 1.83. The van der Waals surface area contributed by atoms with E-state index in [4.69, 9.17) is 16.3 Å². The molecule has 1 aromatic carbocycles. The van der Waals surface area contributed by atoms with E-state index in [1.54, 1.807) is 30.5 Å². The van der Waals surface area contributed by atoms with Crippen LogP contribution < -0.4 is 5.32 Å². The number of halogens is 1. The Kier molecular flexibility index (Phi) is 5.00. The normalized spacial score (nSPS) is 11.7. The fourth-order valence-corrected chi connectivity index (χ4v) is 2.01. The largest absolute Gasteiger partial charge is 0.451 e. The van der Waals surface area contributed by atoms with Gasteiger partial charge < -0.3 is 15.0 Å². The summed E-state index contributed by atoms with van der Waals surface area (Å²) in [5.41, 5.74) is 1.19. The van der Waals surface area contributed by atoms with E-state index in [-0.39, 0.29) is 18.6 Å². The molecule has 0 aliphatic rings. The Morgan fingerprint density at radius 1 is 1.33 bits per heavy atom. The third-order valence-corrected chi connectivity index (χ3v) is 3.11. The van der Waals surface area contributed by atoms with Gasteiger partial charge in [0, 0.05) is 11.2 Å². The van der Waals surface area contributed by atoms with Crippen LogP contribution in [0, 0.1) is 0 Å². The number of aromatic nitrogens is 1. The second-order valence-corrected chi connectivity index (χ2v) is 4.94. The maximum atomic E-state index is 11.8. The molecular weight excluding hydrogens is 292 g/mol. The van der Waals surface area contributed by atoms with E-state index in [0.29, 0.717) is 10.7 Å². The maximum Gasteiger partial charge on any atom is 0.355 e. The fourth-order valence-electron chi connectivity index (χ4n) is 1.81. The monoisotopic (exact) mass is 306 g/mol. The molecule has 110 valence electrons. The first-order chi connectivity index (χ1) is 10.1. The molecule has 0 saturated heterocycles. The van der Waals surface area contributed by atoms with Gasteiger partial charge in [-0.2, -0.15) is 0 Å². The number of benzene rings is 1. The number of carbonyl (C=O) groups excluding carboxylic acids is 2. The van der Waals surface area contributed by atoms with Crippen LogP contribution in [0.3, 0.4) is 0 Å². The molecule has 0 spiro atoms. The molecule has 0 radical (unpaired) electrons. The van der Waals surface area contributed by atoms with Crippen LogP contribution in [0.1, 0.15) is 29.0 Å². The van der Waals surface area contributed by atoms with Gasteiger partial charge in [0.05, 0.1) is 6.04 Å². The molecule has 2 aromatic rings. The van der Waals surface area contributed by atoms with Gasteiger partial charge in [0.25, 0.3) is 5.91 Å². The van der Waals surface area contributed by atoms with E-state index in [2.05, 4.69) is 10.3 Å². The molecular formula is C15H15ClN2O3. The highest BCUT2D eigenvalue weighted by molar-refractivity contribution is 6.30. The van der Waals surface area contributed by atoms with Crippen molar-refractivity contribution in [3.8, 4) is 0 Å². The first kappa shape index (κ1) is 15.1. The van der Waals surface area contributed by atoms with Gasteiger partial charge >= 0.3 is 5.97 Å². The van der Waals surface area contributed by atoms with E-state index in [1.807, 2.05) is 19.1 Å².